The van der Waals surface area contributed by atoms with Crippen molar-refractivity contribution in [2.24, 2.45) is 0 Å². The van der Waals surface area contributed by atoms with Crippen LogP contribution in [0.2, 0.25) is 0 Å². The van der Waals surface area contributed by atoms with Gasteiger partial charge in [-0.2, -0.15) is 0 Å². The number of rotatable bonds is 3. The maximum atomic E-state index is 13.8. The Bertz CT molecular complexity index is 788. The lowest BCUT2D eigenvalue weighted by molar-refractivity contribution is 0.589. The zero-order valence-corrected chi connectivity index (χ0v) is 12.9. The van der Waals surface area contributed by atoms with Crippen LogP contribution in [0.5, 0.6) is 0 Å². The van der Waals surface area contributed by atoms with E-state index >= 15 is 0 Å². The van der Waals surface area contributed by atoms with Crippen molar-refractivity contribution >= 4 is 21.4 Å². The first-order valence-corrected chi connectivity index (χ1v) is 7.79. The van der Waals surface area contributed by atoms with Crippen LogP contribution in [0.3, 0.4) is 0 Å². The Morgan fingerprint density at radius 2 is 1.76 bits per heavy atom. The fourth-order valence-electron chi connectivity index (χ4n) is 2.10. The number of para-hydroxylation sites is 1. The van der Waals surface area contributed by atoms with Gasteiger partial charge in [-0.3, -0.25) is 4.31 Å². The van der Waals surface area contributed by atoms with Gasteiger partial charge in [0.1, 0.15) is 5.82 Å². The highest BCUT2D eigenvalue weighted by molar-refractivity contribution is 7.92. The van der Waals surface area contributed by atoms with Gasteiger partial charge in [0.05, 0.1) is 10.6 Å². The Morgan fingerprint density at radius 3 is 2.38 bits per heavy atom. The van der Waals surface area contributed by atoms with Crippen molar-refractivity contribution in [3.63, 3.8) is 0 Å². The number of benzene rings is 2. The topological polar surface area (TPSA) is 63.4 Å². The van der Waals surface area contributed by atoms with Crippen LogP contribution in [-0.4, -0.2) is 15.5 Å². The minimum Gasteiger partial charge on any atom is -0.398 e. The molecule has 2 aromatic carbocycles. The molecule has 0 saturated heterocycles. The van der Waals surface area contributed by atoms with Gasteiger partial charge in [0.25, 0.3) is 10.0 Å². The zero-order valence-electron chi connectivity index (χ0n) is 12.1. The number of nitrogens with two attached hydrogens (primary N) is 1. The normalized spacial score (nSPS) is 11.4. The van der Waals surface area contributed by atoms with Gasteiger partial charge in [-0.15, -0.1) is 0 Å². The third kappa shape index (κ3) is 2.71. The predicted octanol–water partition coefficient (Wildman–Crippen LogP) is 2.85. The monoisotopic (exact) mass is 308 g/mol. The molecule has 0 saturated carbocycles. The molecule has 0 spiro atoms. The summed E-state index contributed by atoms with van der Waals surface area (Å²) >= 11 is 0. The van der Waals surface area contributed by atoms with Crippen LogP contribution in [0.15, 0.2) is 41.3 Å². The molecule has 2 N–H and O–H groups in total. The van der Waals surface area contributed by atoms with Gasteiger partial charge in [0, 0.05) is 12.7 Å². The van der Waals surface area contributed by atoms with Gasteiger partial charge in [-0.1, -0.05) is 12.1 Å². The molecule has 0 aliphatic carbocycles. The average Bonchev–Trinajstić information content (AvgIpc) is 2.42. The third-order valence-corrected chi connectivity index (χ3v) is 5.27. The Labute approximate surface area is 124 Å². The SMILES string of the molecule is Cc1cc(N)c(C)c(S(=O)(=O)N(C)c2ccccc2F)c1. The maximum absolute atomic E-state index is 13.8. The van der Waals surface area contributed by atoms with Crippen LogP contribution < -0.4 is 10.0 Å². The maximum Gasteiger partial charge on any atom is 0.264 e. The molecule has 0 unspecified atom stereocenters. The van der Waals surface area contributed by atoms with E-state index in [1.54, 1.807) is 32.0 Å². The Balaban J connectivity index is 2.60. The van der Waals surface area contributed by atoms with Gasteiger partial charge < -0.3 is 5.73 Å². The number of hydrogen-bond acceptors (Lipinski definition) is 3. The van der Waals surface area contributed by atoms with Gasteiger partial charge in [-0.05, 0) is 49.2 Å². The van der Waals surface area contributed by atoms with E-state index in [0.717, 1.165) is 9.87 Å². The van der Waals surface area contributed by atoms with Crippen LogP contribution in [0.4, 0.5) is 15.8 Å². The summed E-state index contributed by atoms with van der Waals surface area (Å²) < 4.78 is 40.2. The lowest BCUT2D eigenvalue weighted by Crippen LogP contribution is -2.28. The van der Waals surface area contributed by atoms with Crippen LogP contribution >= 0.6 is 0 Å². The molecule has 0 amide bonds. The summed E-state index contributed by atoms with van der Waals surface area (Å²) in [7, 11) is -2.55. The summed E-state index contributed by atoms with van der Waals surface area (Å²) in [6.07, 6.45) is 0. The van der Waals surface area contributed by atoms with E-state index in [-0.39, 0.29) is 10.6 Å². The number of nitrogen functional groups attached to an aromatic ring is 1. The van der Waals surface area contributed by atoms with Crippen LogP contribution in [0.25, 0.3) is 0 Å². The molecule has 0 radical (unpaired) electrons. The first-order chi connectivity index (χ1) is 9.75. The van der Waals surface area contributed by atoms with Crippen LogP contribution in [0, 0.1) is 19.7 Å². The van der Waals surface area contributed by atoms with Crippen molar-refractivity contribution in [1.82, 2.24) is 0 Å². The number of halogens is 1. The molecule has 4 nitrogen and oxygen atoms in total. The first kappa shape index (κ1) is 15.3. The van der Waals surface area contributed by atoms with Crippen LogP contribution in [0.1, 0.15) is 11.1 Å². The second-order valence-corrected chi connectivity index (χ2v) is 6.84. The highest BCUT2D eigenvalue weighted by Gasteiger charge is 2.26. The van der Waals surface area contributed by atoms with Crippen molar-refractivity contribution in [2.75, 3.05) is 17.1 Å². The summed E-state index contributed by atoms with van der Waals surface area (Å²) in [6, 6.07) is 8.98. The second-order valence-electron chi connectivity index (χ2n) is 4.90. The average molecular weight is 308 g/mol. The zero-order chi connectivity index (χ0) is 15.8. The number of hydrogen-bond donors (Lipinski definition) is 1. The van der Waals surface area contributed by atoms with E-state index in [1.165, 1.54) is 25.2 Å². The largest absolute Gasteiger partial charge is 0.398 e. The fourth-order valence-corrected chi connectivity index (χ4v) is 3.65. The highest BCUT2D eigenvalue weighted by Crippen LogP contribution is 2.29. The van der Waals surface area contributed by atoms with Crippen LogP contribution in [-0.2, 0) is 10.0 Å². The predicted molar refractivity (Wildman–Crippen MR) is 82.3 cm³/mol. The Hall–Kier alpha value is -2.08. The molecule has 21 heavy (non-hydrogen) atoms. The quantitative estimate of drug-likeness (QED) is 0.887. The summed E-state index contributed by atoms with van der Waals surface area (Å²) in [6.45, 7) is 3.40. The summed E-state index contributed by atoms with van der Waals surface area (Å²) in [4.78, 5) is 0.0887. The van der Waals surface area contributed by atoms with E-state index in [2.05, 4.69) is 0 Å². The standard InChI is InChI=1S/C15H17FN2O2S/c1-10-8-13(17)11(2)15(9-10)21(19,20)18(3)14-7-5-4-6-12(14)16/h4-9H,17H2,1-3H3. The summed E-state index contributed by atoms with van der Waals surface area (Å²) in [5.74, 6) is -0.596. The third-order valence-electron chi connectivity index (χ3n) is 3.37. The molecule has 2 rings (SSSR count). The first-order valence-electron chi connectivity index (χ1n) is 6.35. The van der Waals surface area contributed by atoms with E-state index in [1.807, 2.05) is 0 Å². The van der Waals surface area contributed by atoms with E-state index < -0.39 is 15.8 Å². The van der Waals surface area contributed by atoms with Gasteiger partial charge in [0.2, 0.25) is 0 Å². The van der Waals surface area contributed by atoms with E-state index in [0.29, 0.717) is 11.3 Å². The molecule has 6 heteroatoms. The molecule has 0 aromatic heterocycles. The Morgan fingerprint density at radius 1 is 1.14 bits per heavy atom. The molecular formula is C15H17FN2O2S. The van der Waals surface area contributed by atoms with Crippen molar-refractivity contribution < 1.29 is 12.8 Å². The molecule has 0 atom stereocenters. The lowest BCUT2D eigenvalue weighted by atomic mass is 10.1. The van der Waals surface area contributed by atoms with Crippen molar-refractivity contribution in [2.45, 2.75) is 18.7 Å². The molecular weight excluding hydrogens is 291 g/mol. The van der Waals surface area contributed by atoms with E-state index in [4.69, 9.17) is 5.73 Å². The second kappa shape index (κ2) is 5.37. The van der Waals surface area contributed by atoms with Gasteiger partial charge >= 0.3 is 0 Å². The summed E-state index contributed by atoms with van der Waals surface area (Å²) in [5, 5.41) is 0. The summed E-state index contributed by atoms with van der Waals surface area (Å²) in [5.41, 5.74) is 7.42. The number of anilines is 2. The van der Waals surface area contributed by atoms with Crippen molar-refractivity contribution in [3.8, 4) is 0 Å². The number of nitrogens with zero attached hydrogens (tertiary/aromatic N) is 1. The number of aryl methyl sites for hydroxylation is 1. The minimum absolute atomic E-state index is 0.00280. The molecule has 0 fully saturated rings. The minimum atomic E-state index is -3.88. The van der Waals surface area contributed by atoms with E-state index in [9.17, 15) is 12.8 Å². The lowest BCUT2D eigenvalue weighted by Gasteiger charge is -2.22. The highest BCUT2D eigenvalue weighted by atomic mass is 32.2. The number of sulfonamides is 1. The van der Waals surface area contributed by atoms with Crippen molar-refractivity contribution in [3.05, 3.63) is 53.3 Å². The van der Waals surface area contributed by atoms with Gasteiger partial charge in [0.15, 0.2) is 0 Å². The smallest absolute Gasteiger partial charge is 0.264 e. The molecule has 112 valence electrons. The molecule has 2 aromatic rings. The molecule has 0 aliphatic heterocycles. The fraction of sp³-hybridized carbons (Fsp3) is 0.200. The molecule has 0 heterocycles. The Kier molecular flexibility index (Phi) is 3.91. The van der Waals surface area contributed by atoms with Crippen molar-refractivity contribution in [1.29, 1.82) is 0 Å². The molecule has 0 bridgehead atoms. The van der Waals surface area contributed by atoms with Gasteiger partial charge in [-0.25, -0.2) is 12.8 Å². The molecule has 0 aliphatic rings.